The molecule has 0 saturated carbocycles. The maximum atomic E-state index is 11.7. The van der Waals surface area contributed by atoms with Crippen LogP contribution in [0, 0.1) is 0 Å². The highest BCUT2D eigenvalue weighted by Gasteiger charge is 2.02. The molecule has 0 aliphatic heterocycles. The molecule has 0 aromatic carbocycles. The number of rotatable bonds is 18. The highest BCUT2D eigenvalue weighted by molar-refractivity contribution is 5.78. The molecule has 0 unspecified atom stereocenters. The number of hydrogen-bond donors (Lipinski definition) is 1. The van der Waals surface area contributed by atoms with Gasteiger partial charge in [0.25, 0.3) is 0 Å². The van der Waals surface area contributed by atoms with Gasteiger partial charge in [0.05, 0.1) is 0 Å². The first kappa shape index (κ1) is 23.9. The lowest BCUT2D eigenvalue weighted by Gasteiger charge is -2.03. The maximum Gasteiger partial charge on any atom is 0.216 e. The average molecular weight is 352 g/mol. The van der Waals surface area contributed by atoms with Gasteiger partial charge in [0.1, 0.15) is 5.78 Å². The average Bonchev–Trinajstić information content (AvgIpc) is 2.59. The molecule has 0 aromatic rings. The third kappa shape index (κ3) is 20.8. The van der Waals surface area contributed by atoms with E-state index in [2.05, 4.69) is 24.4 Å². The first-order chi connectivity index (χ1) is 12.2. The lowest BCUT2D eigenvalue weighted by atomic mass is 10.1. The van der Waals surface area contributed by atoms with E-state index in [-0.39, 0.29) is 5.91 Å². The van der Waals surface area contributed by atoms with Crippen LogP contribution >= 0.6 is 0 Å². The quantitative estimate of drug-likeness (QED) is 0.239. The minimum absolute atomic E-state index is 0.0192. The zero-order valence-corrected chi connectivity index (χ0v) is 16.8. The van der Waals surface area contributed by atoms with E-state index in [4.69, 9.17) is 0 Å². The van der Waals surface area contributed by atoms with Crippen molar-refractivity contribution in [2.75, 3.05) is 6.54 Å². The summed E-state index contributed by atoms with van der Waals surface area (Å²) in [7, 11) is 0. The fourth-order valence-corrected chi connectivity index (χ4v) is 2.89. The minimum Gasteiger partial charge on any atom is -0.356 e. The van der Waals surface area contributed by atoms with Crippen LogP contribution in [0.25, 0.3) is 0 Å². The molecule has 3 heteroatoms. The van der Waals surface area contributed by atoms with E-state index in [0.717, 1.165) is 12.8 Å². The largest absolute Gasteiger partial charge is 0.356 e. The fraction of sp³-hybridized carbons (Fsp3) is 0.818. The Kier molecular flexibility index (Phi) is 18.3. The summed E-state index contributed by atoms with van der Waals surface area (Å²) >= 11 is 0. The van der Waals surface area contributed by atoms with E-state index < -0.39 is 0 Å². The Bertz CT molecular complexity index is 350. The number of hydrogen-bond acceptors (Lipinski definition) is 2. The summed E-state index contributed by atoms with van der Waals surface area (Å²) in [4.78, 5) is 22.4. The Balaban J connectivity index is 3.22. The van der Waals surface area contributed by atoms with Gasteiger partial charge in [-0.2, -0.15) is 0 Å². The second-order valence-corrected chi connectivity index (χ2v) is 7.11. The van der Waals surface area contributed by atoms with Gasteiger partial charge in [0, 0.05) is 26.3 Å². The van der Waals surface area contributed by atoms with E-state index in [1.165, 1.54) is 77.6 Å². The van der Waals surface area contributed by atoms with E-state index >= 15 is 0 Å². The Labute approximate surface area is 156 Å². The number of allylic oxidation sites excluding steroid dienone is 2. The van der Waals surface area contributed by atoms with Crippen LogP contribution < -0.4 is 5.32 Å². The van der Waals surface area contributed by atoms with Crippen LogP contribution in [0.1, 0.15) is 110 Å². The third-order valence-electron chi connectivity index (χ3n) is 4.47. The molecular formula is C22H41NO2. The van der Waals surface area contributed by atoms with Gasteiger partial charge in [-0.1, -0.05) is 64.0 Å². The number of carbonyl (C=O) groups excluding carboxylic acids is 2. The summed E-state index contributed by atoms with van der Waals surface area (Å²) in [5.41, 5.74) is 0. The molecule has 0 aliphatic carbocycles. The SMILES string of the molecule is CCCCCCC/C=C\CCCCCCCC(=O)CCCNC(C)=O. The second-order valence-electron chi connectivity index (χ2n) is 7.11. The van der Waals surface area contributed by atoms with Crippen molar-refractivity contribution >= 4 is 11.7 Å². The van der Waals surface area contributed by atoms with Crippen molar-refractivity contribution in [1.82, 2.24) is 5.32 Å². The summed E-state index contributed by atoms with van der Waals surface area (Å²) < 4.78 is 0. The summed E-state index contributed by atoms with van der Waals surface area (Å²) in [6.45, 7) is 4.38. The predicted molar refractivity (Wildman–Crippen MR) is 108 cm³/mol. The number of unbranched alkanes of at least 4 members (excludes halogenated alkanes) is 10. The van der Waals surface area contributed by atoms with Gasteiger partial charge in [-0.05, 0) is 38.5 Å². The molecule has 0 rings (SSSR count). The second kappa shape index (κ2) is 19.2. The minimum atomic E-state index is -0.0192. The Morgan fingerprint density at radius 3 is 1.84 bits per heavy atom. The highest BCUT2D eigenvalue weighted by atomic mass is 16.1. The molecule has 1 N–H and O–H groups in total. The molecule has 0 aromatic heterocycles. The Morgan fingerprint density at radius 1 is 0.720 bits per heavy atom. The lowest BCUT2D eigenvalue weighted by Crippen LogP contribution is -2.21. The van der Waals surface area contributed by atoms with Crippen molar-refractivity contribution in [2.24, 2.45) is 0 Å². The monoisotopic (exact) mass is 351 g/mol. The van der Waals surface area contributed by atoms with Crippen molar-refractivity contribution < 1.29 is 9.59 Å². The molecule has 0 heterocycles. The van der Waals surface area contributed by atoms with Gasteiger partial charge in [-0.15, -0.1) is 0 Å². The molecule has 1 amide bonds. The number of Topliss-reactive ketones (excluding diaryl/α,β-unsaturated/α-hetero) is 1. The van der Waals surface area contributed by atoms with Crippen molar-refractivity contribution in [3.63, 3.8) is 0 Å². The van der Waals surface area contributed by atoms with Crippen molar-refractivity contribution in [3.8, 4) is 0 Å². The molecule has 0 aliphatic rings. The molecule has 0 atom stereocenters. The van der Waals surface area contributed by atoms with E-state index in [1.54, 1.807) is 0 Å². The van der Waals surface area contributed by atoms with Crippen LogP contribution in [0.4, 0.5) is 0 Å². The third-order valence-corrected chi connectivity index (χ3v) is 4.47. The topological polar surface area (TPSA) is 46.2 Å². The fourth-order valence-electron chi connectivity index (χ4n) is 2.89. The van der Waals surface area contributed by atoms with E-state index in [1.807, 2.05) is 0 Å². The van der Waals surface area contributed by atoms with Crippen LogP contribution in [0.3, 0.4) is 0 Å². The Hall–Kier alpha value is -1.12. The normalized spacial score (nSPS) is 11.1. The number of amides is 1. The molecule has 3 nitrogen and oxygen atoms in total. The van der Waals surface area contributed by atoms with Gasteiger partial charge in [-0.3, -0.25) is 9.59 Å². The van der Waals surface area contributed by atoms with Gasteiger partial charge < -0.3 is 5.32 Å². The zero-order valence-electron chi connectivity index (χ0n) is 16.8. The molecule has 25 heavy (non-hydrogen) atoms. The Morgan fingerprint density at radius 2 is 1.24 bits per heavy atom. The molecular weight excluding hydrogens is 310 g/mol. The standard InChI is InChI=1S/C22H41NO2/c1-3-4-5-6-7-8-9-10-11-12-13-14-15-16-18-22(25)19-17-20-23-21(2)24/h9-10H,3-8,11-20H2,1-2H3,(H,23,24)/b10-9-. The number of nitrogens with one attached hydrogen (secondary N) is 1. The number of ketones is 1. The van der Waals surface area contributed by atoms with Crippen LogP contribution in [-0.4, -0.2) is 18.2 Å². The van der Waals surface area contributed by atoms with Crippen LogP contribution in [-0.2, 0) is 9.59 Å². The van der Waals surface area contributed by atoms with Gasteiger partial charge in [0.15, 0.2) is 0 Å². The summed E-state index contributed by atoms with van der Waals surface area (Å²) in [5, 5.41) is 2.72. The van der Waals surface area contributed by atoms with Crippen molar-refractivity contribution in [1.29, 1.82) is 0 Å². The molecule has 0 saturated heterocycles. The molecule has 0 fully saturated rings. The molecule has 146 valence electrons. The van der Waals surface area contributed by atoms with Crippen LogP contribution in [0.15, 0.2) is 12.2 Å². The maximum absolute atomic E-state index is 11.7. The van der Waals surface area contributed by atoms with Gasteiger partial charge >= 0.3 is 0 Å². The molecule has 0 spiro atoms. The van der Waals surface area contributed by atoms with Crippen LogP contribution in [0.2, 0.25) is 0 Å². The smallest absolute Gasteiger partial charge is 0.216 e. The summed E-state index contributed by atoms with van der Waals surface area (Å²) in [5.74, 6) is 0.321. The molecule has 0 bridgehead atoms. The first-order valence-corrected chi connectivity index (χ1v) is 10.6. The van der Waals surface area contributed by atoms with Crippen molar-refractivity contribution in [3.05, 3.63) is 12.2 Å². The molecule has 0 radical (unpaired) electrons. The van der Waals surface area contributed by atoms with Crippen LogP contribution in [0.5, 0.6) is 0 Å². The number of carbonyl (C=O) groups is 2. The van der Waals surface area contributed by atoms with E-state index in [0.29, 0.717) is 25.2 Å². The lowest BCUT2D eigenvalue weighted by molar-refractivity contribution is -0.120. The van der Waals surface area contributed by atoms with Gasteiger partial charge in [0.2, 0.25) is 5.91 Å². The summed E-state index contributed by atoms with van der Waals surface area (Å²) in [6.07, 6.45) is 22.0. The van der Waals surface area contributed by atoms with Gasteiger partial charge in [-0.25, -0.2) is 0 Å². The summed E-state index contributed by atoms with van der Waals surface area (Å²) in [6, 6.07) is 0. The van der Waals surface area contributed by atoms with Crippen molar-refractivity contribution in [2.45, 2.75) is 110 Å². The zero-order chi connectivity index (χ0) is 18.6. The van der Waals surface area contributed by atoms with E-state index in [9.17, 15) is 9.59 Å². The predicted octanol–water partition coefficient (Wildman–Crippen LogP) is 6.12. The first-order valence-electron chi connectivity index (χ1n) is 10.6. The highest BCUT2D eigenvalue weighted by Crippen LogP contribution is 2.10.